The summed E-state index contributed by atoms with van der Waals surface area (Å²) in [6.45, 7) is 0. The number of hydrogen-bond donors (Lipinski definition) is 9. The highest BCUT2D eigenvalue weighted by Gasteiger charge is 2.36. The van der Waals surface area contributed by atoms with Crippen molar-refractivity contribution >= 4 is 10.8 Å². The summed E-state index contributed by atoms with van der Waals surface area (Å²) >= 11 is 0. The van der Waals surface area contributed by atoms with Crippen molar-refractivity contribution in [2.45, 2.75) is 37.3 Å². The predicted octanol–water partition coefficient (Wildman–Crippen LogP) is 2.21. The molecule has 0 fully saturated rings. The van der Waals surface area contributed by atoms with Gasteiger partial charge in [-0.15, -0.1) is 0 Å². The highest BCUT2D eigenvalue weighted by Crippen LogP contribution is 2.47. The molecule has 212 valence electrons. The van der Waals surface area contributed by atoms with Crippen LogP contribution < -0.4 is 14.9 Å². The van der Waals surface area contributed by atoms with E-state index in [2.05, 4.69) is 0 Å². The highest BCUT2D eigenvalue weighted by molar-refractivity contribution is 5.92. The van der Waals surface area contributed by atoms with E-state index >= 15 is 0 Å². The Morgan fingerprint density at radius 1 is 0.610 bits per heavy atom. The maximum absolute atomic E-state index is 13.1. The molecule has 0 radical (unpaired) electrons. The summed E-state index contributed by atoms with van der Waals surface area (Å²) in [5.41, 5.74) is -0.639. The van der Waals surface area contributed by atoms with Gasteiger partial charge in [0.05, 0.1) is 17.6 Å². The lowest BCUT2D eigenvalue weighted by molar-refractivity contribution is 0.0184. The minimum absolute atomic E-state index is 0.0173. The first kappa shape index (κ1) is 26.2. The number of rotatable bonds is 2. The first-order chi connectivity index (χ1) is 19.4. The number of phenolic OH excluding ortho intramolecular Hbond substituents is 6. The third-order valence-electron chi connectivity index (χ3n) is 7.43. The molecule has 41 heavy (non-hydrogen) atoms. The molecular formula is C29H24O12. The fourth-order valence-electron chi connectivity index (χ4n) is 5.48. The number of aliphatic hydroxyl groups excluding tert-OH is 2. The molecule has 0 saturated heterocycles. The van der Waals surface area contributed by atoms with E-state index in [1.54, 1.807) is 0 Å². The Hall–Kier alpha value is -5.07. The zero-order valence-electron chi connectivity index (χ0n) is 21.0. The van der Waals surface area contributed by atoms with E-state index in [1.165, 1.54) is 24.3 Å². The molecule has 4 aromatic rings. The van der Waals surface area contributed by atoms with Crippen LogP contribution in [0.1, 0.15) is 34.5 Å². The molecule has 4 aromatic carbocycles. The van der Waals surface area contributed by atoms with Gasteiger partial charge in [-0.2, -0.15) is 0 Å². The number of phenols is 6. The molecule has 12 heteroatoms. The number of ether oxygens (including phenoxy) is 2. The van der Waals surface area contributed by atoms with Crippen molar-refractivity contribution in [3.8, 4) is 51.7 Å². The Morgan fingerprint density at radius 3 is 1.73 bits per heavy atom. The molecule has 6 rings (SSSR count). The van der Waals surface area contributed by atoms with Crippen molar-refractivity contribution in [2.24, 2.45) is 0 Å². The van der Waals surface area contributed by atoms with Crippen molar-refractivity contribution in [1.29, 1.82) is 0 Å². The monoisotopic (exact) mass is 564 g/mol. The lowest BCUT2D eigenvalue weighted by atomic mass is 9.91. The number of aliphatic hydroxyl groups is 2. The molecule has 0 aliphatic carbocycles. The van der Waals surface area contributed by atoms with Gasteiger partial charge in [-0.3, -0.25) is 4.79 Å². The van der Waals surface area contributed by atoms with E-state index in [0.29, 0.717) is 0 Å². The number of benzene rings is 3. The molecule has 0 amide bonds. The SMILES string of the molecule is O=c1c(O)cc([C@H]2Oc3cc(O)cc(O)c3C[C@H]2O)cc2cc([C@H]3Oc4cc(O)cc(O)c4C[C@H]3O)c(O)c(O)c12. The maximum atomic E-state index is 13.1. The van der Waals surface area contributed by atoms with Gasteiger partial charge in [-0.05, 0) is 29.1 Å². The fourth-order valence-corrected chi connectivity index (χ4v) is 5.48. The standard InChI is InChI=1S/C29H24O12/c30-12-4-17(32)14-8-20(35)28(40-22(14)6-12)11-1-10-2-16(25(37)27(39)24(10)26(38)19(34)3-11)29-21(36)9-15-18(33)5-13(31)7-23(15)41-29/h1-7,20-21,28-33,35-37,39H,8-9H2,(H,34,38)/t20-,21-,28-,29-/m1/s1. The van der Waals surface area contributed by atoms with Crippen LogP contribution in [-0.4, -0.2) is 58.2 Å². The van der Waals surface area contributed by atoms with Crippen LogP contribution in [0.25, 0.3) is 10.8 Å². The van der Waals surface area contributed by atoms with Crippen molar-refractivity contribution < 1.29 is 55.4 Å². The van der Waals surface area contributed by atoms with Gasteiger partial charge < -0.3 is 55.4 Å². The van der Waals surface area contributed by atoms with E-state index in [4.69, 9.17) is 9.47 Å². The first-order valence-electron chi connectivity index (χ1n) is 12.5. The van der Waals surface area contributed by atoms with E-state index in [0.717, 1.165) is 18.2 Å². The summed E-state index contributed by atoms with van der Waals surface area (Å²) < 4.78 is 11.6. The molecule has 0 saturated carbocycles. The van der Waals surface area contributed by atoms with Crippen LogP contribution in [0.5, 0.6) is 51.7 Å². The molecule has 12 nitrogen and oxygen atoms in total. The summed E-state index contributed by atoms with van der Waals surface area (Å²) in [6, 6.07) is 8.27. The smallest absolute Gasteiger partial charge is 0.231 e. The van der Waals surface area contributed by atoms with Gasteiger partial charge in [-0.1, -0.05) is 0 Å². The van der Waals surface area contributed by atoms with Gasteiger partial charge in [0.15, 0.2) is 23.4 Å². The molecule has 4 atom stereocenters. The van der Waals surface area contributed by atoms with Gasteiger partial charge in [0, 0.05) is 53.8 Å². The molecule has 0 unspecified atom stereocenters. The summed E-state index contributed by atoms with van der Waals surface area (Å²) in [5, 5.41) is 93.6. The average Bonchev–Trinajstić information content (AvgIpc) is 3.02. The molecule has 0 spiro atoms. The van der Waals surface area contributed by atoms with Crippen LogP contribution in [0.2, 0.25) is 0 Å². The number of hydrogen-bond acceptors (Lipinski definition) is 12. The Balaban J connectivity index is 1.50. The zero-order valence-corrected chi connectivity index (χ0v) is 21.0. The number of aromatic hydroxyl groups is 7. The average molecular weight is 564 g/mol. The summed E-state index contributed by atoms with van der Waals surface area (Å²) in [5.74, 6) is -3.61. The van der Waals surface area contributed by atoms with Gasteiger partial charge in [0.25, 0.3) is 0 Å². The van der Waals surface area contributed by atoms with Crippen molar-refractivity contribution in [3.05, 3.63) is 74.9 Å². The Kier molecular flexibility index (Phi) is 5.90. The van der Waals surface area contributed by atoms with Gasteiger partial charge >= 0.3 is 0 Å². The van der Waals surface area contributed by atoms with Crippen molar-refractivity contribution in [2.75, 3.05) is 0 Å². The molecule has 0 aromatic heterocycles. The lowest BCUT2D eigenvalue weighted by Gasteiger charge is -2.32. The van der Waals surface area contributed by atoms with E-state index in [-0.39, 0.29) is 75.0 Å². The largest absolute Gasteiger partial charge is 0.508 e. The zero-order chi connectivity index (χ0) is 29.3. The molecule has 0 bridgehead atoms. The number of fused-ring (bicyclic) bond motifs is 3. The quantitative estimate of drug-likeness (QED) is 0.160. The minimum Gasteiger partial charge on any atom is -0.508 e. The third kappa shape index (κ3) is 4.20. The van der Waals surface area contributed by atoms with Crippen molar-refractivity contribution in [1.82, 2.24) is 0 Å². The van der Waals surface area contributed by atoms with Crippen LogP contribution in [0, 0.1) is 0 Å². The van der Waals surface area contributed by atoms with Gasteiger partial charge in [-0.25, -0.2) is 0 Å². The molecule has 2 aliphatic rings. The van der Waals surface area contributed by atoms with Crippen LogP contribution in [0.3, 0.4) is 0 Å². The Bertz CT molecular complexity index is 1800. The topological polar surface area (TPSA) is 218 Å². The summed E-state index contributed by atoms with van der Waals surface area (Å²) in [7, 11) is 0. The van der Waals surface area contributed by atoms with Crippen LogP contribution in [-0.2, 0) is 12.8 Å². The molecule has 2 aliphatic heterocycles. The maximum Gasteiger partial charge on any atom is 0.231 e. The van der Waals surface area contributed by atoms with Crippen LogP contribution in [0.15, 0.2) is 47.3 Å². The fraction of sp³-hybridized carbons (Fsp3) is 0.207. The third-order valence-corrected chi connectivity index (χ3v) is 7.43. The molecule has 9 N–H and O–H groups in total. The second-order valence-electron chi connectivity index (χ2n) is 10.1. The summed E-state index contributed by atoms with van der Waals surface area (Å²) in [6.07, 6.45) is -5.34. The Labute approximate surface area is 230 Å². The van der Waals surface area contributed by atoms with Crippen LogP contribution in [0.4, 0.5) is 0 Å². The van der Waals surface area contributed by atoms with Crippen LogP contribution >= 0.6 is 0 Å². The van der Waals surface area contributed by atoms with Gasteiger partial charge in [0.1, 0.15) is 40.6 Å². The highest BCUT2D eigenvalue weighted by atomic mass is 16.5. The summed E-state index contributed by atoms with van der Waals surface area (Å²) in [4.78, 5) is 13.1. The van der Waals surface area contributed by atoms with Crippen molar-refractivity contribution in [3.63, 3.8) is 0 Å². The first-order valence-corrected chi connectivity index (χ1v) is 12.5. The van der Waals surface area contributed by atoms with E-state index < -0.39 is 52.5 Å². The van der Waals surface area contributed by atoms with Gasteiger partial charge in [0.2, 0.25) is 5.43 Å². The van der Waals surface area contributed by atoms with E-state index in [9.17, 15) is 50.8 Å². The molecular weight excluding hydrogens is 540 g/mol. The lowest BCUT2D eigenvalue weighted by Crippen LogP contribution is -2.30. The predicted molar refractivity (Wildman–Crippen MR) is 141 cm³/mol. The minimum atomic E-state index is -1.34. The van der Waals surface area contributed by atoms with E-state index in [1.807, 2.05) is 0 Å². The normalized spacial score (nSPS) is 21.4. The Morgan fingerprint density at radius 2 is 1.15 bits per heavy atom. The second kappa shape index (κ2) is 9.25. The second-order valence-corrected chi connectivity index (χ2v) is 10.1. The molecule has 2 heterocycles.